The molecule has 5 nitrogen and oxygen atoms in total. The average molecular weight is 191 g/mol. The quantitative estimate of drug-likeness (QED) is 0.450. The van der Waals surface area contributed by atoms with Crippen LogP contribution in [0.5, 0.6) is 0 Å². The zero-order chi connectivity index (χ0) is 10.4. The van der Waals surface area contributed by atoms with Gasteiger partial charge in [0, 0.05) is 18.3 Å². The van der Waals surface area contributed by atoms with Crippen LogP contribution in [0.1, 0.15) is 0 Å². The number of rotatable bonds is 4. The molecule has 0 aliphatic rings. The van der Waals surface area contributed by atoms with Gasteiger partial charge in [-0.25, -0.2) is 0 Å². The Labute approximate surface area is 80.9 Å². The Bertz CT molecular complexity index is 357. The van der Waals surface area contributed by atoms with Crippen molar-refractivity contribution in [3.05, 3.63) is 47.0 Å². The molecule has 0 aliphatic carbocycles. The molecule has 0 bridgehead atoms. The second-order valence-corrected chi connectivity index (χ2v) is 2.43. The molecule has 1 N–H and O–H groups in total. The number of hydrogen-bond acceptors (Lipinski definition) is 4. The van der Waals surface area contributed by atoms with Crippen LogP contribution in [-0.2, 0) is 0 Å². The van der Waals surface area contributed by atoms with Crippen LogP contribution in [-0.4, -0.2) is 11.1 Å². The monoisotopic (exact) mass is 191 g/mol. The Kier molecular flexibility index (Phi) is 3.37. The maximum absolute atomic E-state index is 10.3. The minimum atomic E-state index is -0.448. The Morgan fingerprint density at radius 1 is 1.43 bits per heavy atom. The van der Waals surface area contributed by atoms with Crippen LogP contribution in [0, 0.1) is 10.1 Å². The van der Waals surface area contributed by atoms with Crippen molar-refractivity contribution in [2.45, 2.75) is 0 Å². The Morgan fingerprint density at radius 3 is 2.57 bits per heavy atom. The molecule has 0 aliphatic heterocycles. The van der Waals surface area contributed by atoms with Crippen LogP contribution in [0.4, 0.5) is 11.4 Å². The van der Waals surface area contributed by atoms with Crippen molar-refractivity contribution in [3.63, 3.8) is 0 Å². The molecule has 0 heterocycles. The summed E-state index contributed by atoms with van der Waals surface area (Å²) in [6.07, 6.45) is 3.01. The first-order valence-corrected chi connectivity index (χ1v) is 3.88. The van der Waals surface area contributed by atoms with Crippen molar-refractivity contribution in [1.82, 2.24) is 0 Å². The van der Waals surface area contributed by atoms with Crippen LogP contribution in [0.25, 0.3) is 0 Å². The van der Waals surface area contributed by atoms with Crippen molar-refractivity contribution in [2.24, 2.45) is 5.10 Å². The van der Waals surface area contributed by atoms with Gasteiger partial charge in [-0.1, -0.05) is 6.58 Å². The molecule has 1 aromatic rings. The second kappa shape index (κ2) is 4.76. The summed E-state index contributed by atoms with van der Waals surface area (Å²) in [5, 5.41) is 14.1. The summed E-state index contributed by atoms with van der Waals surface area (Å²) in [6, 6.07) is 5.98. The van der Waals surface area contributed by atoms with E-state index in [0.29, 0.717) is 5.69 Å². The van der Waals surface area contributed by atoms with Crippen LogP contribution in [0.2, 0.25) is 0 Å². The van der Waals surface area contributed by atoms with Gasteiger partial charge in [0.05, 0.1) is 10.6 Å². The first-order valence-electron chi connectivity index (χ1n) is 3.88. The number of hydrogen-bond donors (Lipinski definition) is 1. The van der Waals surface area contributed by atoms with E-state index in [9.17, 15) is 10.1 Å². The predicted octanol–water partition coefficient (Wildman–Crippen LogP) is 2.18. The molecular formula is C9H9N3O2. The fourth-order valence-corrected chi connectivity index (χ4v) is 0.822. The van der Waals surface area contributed by atoms with Gasteiger partial charge in [-0.05, 0) is 18.2 Å². The Morgan fingerprint density at radius 2 is 2.07 bits per heavy atom. The van der Waals surface area contributed by atoms with E-state index in [1.54, 1.807) is 12.1 Å². The highest BCUT2D eigenvalue weighted by molar-refractivity contribution is 5.71. The molecule has 0 radical (unpaired) electrons. The molecule has 72 valence electrons. The highest BCUT2D eigenvalue weighted by atomic mass is 16.6. The summed E-state index contributed by atoms with van der Waals surface area (Å²) < 4.78 is 0. The topological polar surface area (TPSA) is 67.5 Å². The maximum atomic E-state index is 10.3. The van der Waals surface area contributed by atoms with E-state index in [0.717, 1.165) is 0 Å². The molecule has 1 aromatic carbocycles. The van der Waals surface area contributed by atoms with E-state index in [1.807, 2.05) is 0 Å². The number of nitrogens with zero attached hydrogens (tertiary/aromatic N) is 2. The number of non-ortho nitro benzene ring substituents is 1. The predicted molar refractivity (Wildman–Crippen MR) is 55.4 cm³/mol. The summed E-state index contributed by atoms with van der Waals surface area (Å²) in [5.74, 6) is 0. The van der Waals surface area contributed by atoms with Gasteiger partial charge in [0.15, 0.2) is 0 Å². The van der Waals surface area contributed by atoms with E-state index >= 15 is 0 Å². The zero-order valence-electron chi connectivity index (χ0n) is 7.38. The standard InChI is InChI=1S/C9H9N3O2/c1-2-7-10-11-8-3-5-9(6-4-8)12(13)14/h2-7,11H,1H2/b10-7-. The van der Waals surface area contributed by atoms with Crippen molar-refractivity contribution >= 4 is 17.6 Å². The Hall–Kier alpha value is -2.17. The number of nitro groups is 1. The third kappa shape index (κ3) is 2.71. The molecule has 14 heavy (non-hydrogen) atoms. The number of allylic oxidation sites excluding steroid dienone is 1. The van der Waals surface area contributed by atoms with Gasteiger partial charge in [0.1, 0.15) is 0 Å². The summed E-state index contributed by atoms with van der Waals surface area (Å²) in [4.78, 5) is 9.87. The second-order valence-electron chi connectivity index (χ2n) is 2.43. The minimum Gasteiger partial charge on any atom is -0.279 e. The zero-order valence-corrected chi connectivity index (χ0v) is 7.38. The van der Waals surface area contributed by atoms with Crippen LogP contribution >= 0.6 is 0 Å². The number of hydrazone groups is 1. The molecule has 1 rings (SSSR count). The smallest absolute Gasteiger partial charge is 0.269 e. The van der Waals surface area contributed by atoms with E-state index < -0.39 is 4.92 Å². The largest absolute Gasteiger partial charge is 0.279 e. The molecule has 0 fully saturated rings. The van der Waals surface area contributed by atoms with Gasteiger partial charge < -0.3 is 0 Å². The van der Waals surface area contributed by atoms with Gasteiger partial charge in [0.2, 0.25) is 0 Å². The van der Waals surface area contributed by atoms with Gasteiger partial charge in [-0.15, -0.1) is 0 Å². The van der Waals surface area contributed by atoms with E-state index in [1.165, 1.54) is 24.4 Å². The fraction of sp³-hybridized carbons (Fsp3) is 0. The van der Waals surface area contributed by atoms with Crippen LogP contribution < -0.4 is 5.43 Å². The first-order chi connectivity index (χ1) is 6.74. The first kappa shape index (κ1) is 9.91. The molecule has 0 amide bonds. The summed E-state index contributed by atoms with van der Waals surface area (Å²) in [6.45, 7) is 3.45. The molecule has 0 unspecified atom stereocenters. The maximum Gasteiger partial charge on any atom is 0.269 e. The lowest BCUT2D eigenvalue weighted by Gasteiger charge is -1.97. The summed E-state index contributed by atoms with van der Waals surface area (Å²) in [7, 11) is 0. The molecule has 0 saturated heterocycles. The van der Waals surface area contributed by atoms with E-state index in [2.05, 4.69) is 17.1 Å². The van der Waals surface area contributed by atoms with Gasteiger partial charge in [-0.3, -0.25) is 15.5 Å². The summed E-state index contributed by atoms with van der Waals surface area (Å²) in [5.41, 5.74) is 3.43. The van der Waals surface area contributed by atoms with Crippen molar-refractivity contribution in [3.8, 4) is 0 Å². The molecule has 0 saturated carbocycles. The van der Waals surface area contributed by atoms with Crippen molar-refractivity contribution in [2.75, 3.05) is 5.43 Å². The van der Waals surface area contributed by atoms with Gasteiger partial charge in [-0.2, -0.15) is 5.10 Å². The average Bonchev–Trinajstić information content (AvgIpc) is 2.19. The highest BCUT2D eigenvalue weighted by Crippen LogP contribution is 2.14. The SMILES string of the molecule is C=C/C=N\Nc1ccc([N+](=O)[O-])cc1. The molecular weight excluding hydrogens is 182 g/mol. The number of nitro benzene ring substituents is 1. The lowest BCUT2D eigenvalue weighted by Crippen LogP contribution is -1.90. The van der Waals surface area contributed by atoms with Crippen LogP contribution in [0.15, 0.2) is 42.0 Å². The van der Waals surface area contributed by atoms with Gasteiger partial charge >= 0.3 is 0 Å². The van der Waals surface area contributed by atoms with E-state index in [-0.39, 0.29) is 5.69 Å². The normalized spacial score (nSPS) is 10.0. The molecule has 5 heteroatoms. The lowest BCUT2D eigenvalue weighted by molar-refractivity contribution is -0.384. The third-order valence-electron chi connectivity index (χ3n) is 1.45. The number of nitrogens with one attached hydrogen (secondary N) is 1. The minimum absolute atomic E-state index is 0.0586. The van der Waals surface area contributed by atoms with E-state index in [4.69, 9.17) is 0 Å². The number of benzene rings is 1. The third-order valence-corrected chi connectivity index (χ3v) is 1.45. The lowest BCUT2D eigenvalue weighted by atomic mass is 10.3. The molecule has 0 aromatic heterocycles. The number of anilines is 1. The van der Waals surface area contributed by atoms with Crippen LogP contribution in [0.3, 0.4) is 0 Å². The van der Waals surface area contributed by atoms with Crippen molar-refractivity contribution in [1.29, 1.82) is 0 Å². The van der Waals surface area contributed by atoms with Crippen molar-refractivity contribution < 1.29 is 4.92 Å². The van der Waals surface area contributed by atoms with Gasteiger partial charge in [0.25, 0.3) is 5.69 Å². The summed E-state index contributed by atoms with van der Waals surface area (Å²) >= 11 is 0. The highest BCUT2D eigenvalue weighted by Gasteiger charge is 2.02. The Balaban J connectivity index is 2.68. The molecule has 0 spiro atoms. The fourth-order valence-electron chi connectivity index (χ4n) is 0.822. The molecule has 0 atom stereocenters.